The number of rotatable bonds is 1. The van der Waals surface area contributed by atoms with Gasteiger partial charge in [0.2, 0.25) is 5.91 Å². The molecule has 114 valence electrons. The van der Waals surface area contributed by atoms with Crippen LogP contribution in [0.1, 0.15) is 39.5 Å². The van der Waals surface area contributed by atoms with Crippen LogP contribution in [0.3, 0.4) is 0 Å². The van der Waals surface area contributed by atoms with Gasteiger partial charge in [-0.3, -0.25) is 4.79 Å². The Morgan fingerprint density at radius 1 is 1.15 bits per heavy atom. The zero-order valence-electron chi connectivity index (χ0n) is 12.7. The van der Waals surface area contributed by atoms with Crippen LogP contribution in [0.4, 0.5) is 0 Å². The van der Waals surface area contributed by atoms with Crippen LogP contribution < -0.4 is 5.73 Å². The van der Waals surface area contributed by atoms with Gasteiger partial charge in [-0.2, -0.15) is 0 Å². The summed E-state index contributed by atoms with van der Waals surface area (Å²) in [7, 11) is 0. The molecule has 1 heterocycles. The molecule has 0 aromatic carbocycles. The molecule has 20 heavy (non-hydrogen) atoms. The van der Waals surface area contributed by atoms with E-state index in [1.54, 1.807) is 0 Å². The van der Waals surface area contributed by atoms with Gasteiger partial charge in [0.25, 0.3) is 0 Å². The molecule has 3 N–H and O–H groups in total. The van der Waals surface area contributed by atoms with Crippen molar-refractivity contribution < 1.29 is 9.90 Å². The van der Waals surface area contributed by atoms with E-state index < -0.39 is 0 Å². The predicted molar refractivity (Wildman–Crippen MR) is 77.8 cm³/mol. The molecule has 2 saturated carbocycles. The van der Waals surface area contributed by atoms with Gasteiger partial charge in [-0.25, -0.2) is 0 Å². The molecule has 3 rings (SSSR count). The third-order valence-corrected chi connectivity index (χ3v) is 6.14. The molecule has 4 heteroatoms. The van der Waals surface area contributed by atoms with Crippen molar-refractivity contribution in [2.24, 2.45) is 35.3 Å². The zero-order chi connectivity index (χ0) is 14.4. The summed E-state index contributed by atoms with van der Waals surface area (Å²) in [5.41, 5.74) is 6.17. The summed E-state index contributed by atoms with van der Waals surface area (Å²) in [5.74, 6) is 2.20. The van der Waals surface area contributed by atoms with E-state index in [4.69, 9.17) is 5.73 Å². The number of fused-ring (bicyclic) bond motifs is 1. The Labute approximate surface area is 121 Å². The molecule has 1 amide bonds. The van der Waals surface area contributed by atoms with E-state index in [1.165, 1.54) is 0 Å². The number of nitrogens with two attached hydrogens (primary N) is 1. The molecular formula is C16H28N2O2. The van der Waals surface area contributed by atoms with Crippen molar-refractivity contribution in [3.05, 3.63) is 0 Å². The average molecular weight is 280 g/mol. The van der Waals surface area contributed by atoms with Gasteiger partial charge >= 0.3 is 0 Å². The lowest BCUT2D eigenvalue weighted by Crippen LogP contribution is -2.46. The molecule has 1 saturated heterocycles. The molecule has 0 aromatic heterocycles. The van der Waals surface area contributed by atoms with Crippen molar-refractivity contribution in [1.29, 1.82) is 0 Å². The van der Waals surface area contributed by atoms with E-state index in [1.807, 2.05) is 4.90 Å². The van der Waals surface area contributed by atoms with Gasteiger partial charge in [-0.05, 0) is 43.4 Å². The first-order valence-electron chi connectivity index (χ1n) is 8.19. The number of likely N-dealkylation sites (tertiary alicyclic amines) is 1. The number of nitrogens with zero attached hydrogens (tertiary/aromatic N) is 1. The molecule has 4 nitrogen and oxygen atoms in total. The van der Waals surface area contributed by atoms with Crippen LogP contribution in [-0.4, -0.2) is 41.1 Å². The fraction of sp³-hybridized carbons (Fsp3) is 0.938. The van der Waals surface area contributed by atoms with E-state index in [2.05, 4.69) is 13.8 Å². The average Bonchev–Trinajstić information content (AvgIpc) is 2.96. The molecule has 3 aliphatic rings. The first-order valence-corrected chi connectivity index (χ1v) is 8.19. The maximum absolute atomic E-state index is 12.8. The minimum Gasteiger partial charge on any atom is -0.393 e. The number of hydrogen-bond donors (Lipinski definition) is 2. The number of hydrogen-bond acceptors (Lipinski definition) is 3. The van der Waals surface area contributed by atoms with Gasteiger partial charge in [0.15, 0.2) is 0 Å². The van der Waals surface area contributed by atoms with Crippen molar-refractivity contribution in [2.75, 3.05) is 13.1 Å². The van der Waals surface area contributed by atoms with Gasteiger partial charge in [0.1, 0.15) is 0 Å². The Bertz CT molecular complexity index is 387. The lowest BCUT2D eigenvalue weighted by molar-refractivity contribution is -0.138. The van der Waals surface area contributed by atoms with Gasteiger partial charge in [-0.1, -0.05) is 13.8 Å². The Hall–Kier alpha value is -0.610. The number of carbonyl (C=O) groups excluding carboxylic acids is 1. The normalized spacial score (nSPS) is 48.4. The summed E-state index contributed by atoms with van der Waals surface area (Å²) in [4.78, 5) is 14.8. The Morgan fingerprint density at radius 2 is 1.90 bits per heavy atom. The Morgan fingerprint density at radius 3 is 2.60 bits per heavy atom. The number of carbonyl (C=O) groups is 1. The standard InChI is InChI=1S/C16H28N2O2/c1-9-5-10(2)14(17)6-12(9)16(20)18-7-11-3-4-15(19)13(11)8-18/h9-15,19H,3-8,17H2,1-2H3. The topological polar surface area (TPSA) is 66.6 Å². The van der Waals surface area contributed by atoms with Crippen LogP contribution >= 0.6 is 0 Å². The second-order valence-electron chi connectivity index (χ2n) is 7.51. The van der Waals surface area contributed by atoms with Crippen molar-refractivity contribution >= 4 is 5.91 Å². The molecule has 7 atom stereocenters. The lowest BCUT2D eigenvalue weighted by atomic mass is 9.72. The molecule has 0 spiro atoms. The maximum atomic E-state index is 12.8. The van der Waals surface area contributed by atoms with E-state index in [0.29, 0.717) is 29.6 Å². The smallest absolute Gasteiger partial charge is 0.226 e. The number of aliphatic hydroxyl groups is 1. The highest BCUT2D eigenvalue weighted by molar-refractivity contribution is 5.79. The highest BCUT2D eigenvalue weighted by Crippen LogP contribution is 2.40. The lowest BCUT2D eigenvalue weighted by Gasteiger charge is -2.38. The van der Waals surface area contributed by atoms with Gasteiger partial charge < -0.3 is 15.7 Å². The van der Waals surface area contributed by atoms with Crippen LogP contribution in [-0.2, 0) is 4.79 Å². The summed E-state index contributed by atoms with van der Waals surface area (Å²) in [6.07, 6.45) is 3.69. The third-order valence-electron chi connectivity index (χ3n) is 6.14. The van der Waals surface area contributed by atoms with Crippen LogP contribution in [0.25, 0.3) is 0 Å². The molecule has 7 unspecified atom stereocenters. The highest BCUT2D eigenvalue weighted by Gasteiger charge is 2.45. The zero-order valence-corrected chi connectivity index (χ0v) is 12.7. The largest absolute Gasteiger partial charge is 0.393 e. The summed E-state index contributed by atoms with van der Waals surface area (Å²) < 4.78 is 0. The second-order valence-corrected chi connectivity index (χ2v) is 7.51. The predicted octanol–water partition coefficient (Wildman–Crippen LogP) is 1.23. The van der Waals surface area contributed by atoms with Crippen LogP contribution in [0.2, 0.25) is 0 Å². The van der Waals surface area contributed by atoms with Crippen LogP contribution in [0, 0.1) is 29.6 Å². The summed E-state index contributed by atoms with van der Waals surface area (Å²) >= 11 is 0. The molecule has 1 aliphatic heterocycles. The number of amides is 1. The van der Waals surface area contributed by atoms with Crippen LogP contribution in [0.5, 0.6) is 0 Å². The van der Waals surface area contributed by atoms with E-state index in [0.717, 1.165) is 38.8 Å². The SMILES string of the molecule is CC1CC(C)C(C(=O)N2CC3CCC(O)C3C2)CC1N. The molecule has 0 aromatic rings. The minimum absolute atomic E-state index is 0.0946. The van der Waals surface area contributed by atoms with Crippen LogP contribution in [0.15, 0.2) is 0 Å². The van der Waals surface area contributed by atoms with Crippen molar-refractivity contribution in [1.82, 2.24) is 4.90 Å². The van der Waals surface area contributed by atoms with Gasteiger partial charge in [0.05, 0.1) is 6.10 Å². The molecule has 3 fully saturated rings. The molecule has 2 aliphatic carbocycles. The van der Waals surface area contributed by atoms with Gasteiger partial charge in [0, 0.05) is 31.0 Å². The monoisotopic (exact) mass is 280 g/mol. The Kier molecular flexibility index (Phi) is 3.80. The fourth-order valence-corrected chi connectivity index (χ4v) is 4.68. The minimum atomic E-state index is -0.191. The first kappa shape index (κ1) is 14.3. The van der Waals surface area contributed by atoms with Crippen molar-refractivity contribution in [3.8, 4) is 0 Å². The highest BCUT2D eigenvalue weighted by atomic mass is 16.3. The molecular weight excluding hydrogens is 252 g/mol. The first-order chi connectivity index (χ1) is 9.47. The van der Waals surface area contributed by atoms with Gasteiger partial charge in [-0.15, -0.1) is 0 Å². The molecule has 0 bridgehead atoms. The third kappa shape index (κ3) is 2.37. The fourth-order valence-electron chi connectivity index (χ4n) is 4.68. The quantitative estimate of drug-likeness (QED) is 0.759. The summed E-state index contributed by atoms with van der Waals surface area (Å²) in [6, 6.07) is 0.160. The van der Waals surface area contributed by atoms with E-state index >= 15 is 0 Å². The van der Waals surface area contributed by atoms with Crippen molar-refractivity contribution in [2.45, 2.75) is 51.7 Å². The number of aliphatic hydroxyl groups excluding tert-OH is 1. The summed E-state index contributed by atoms with van der Waals surface area (Å²) in [5, 5.41) is 9.98. The molecule has 0 radical (unpaired) electrons. The van der Waals surface area contributed by atoms with Crippen molar-refractivity contribution in [3.63, 3.8) is 0 Å². The summed E-state index contributed by atoms with van der Waals surface area (Å²) in [6.45, 7) is 6.00. The Balaban J connectivity index is 1.65. The maximum Gasteiger partial charge on any atom is 0.226 e. The van der Waals surface area contributed by atoms with E-state index in [-0.39, 0.29) is 18.1 Å². The second kappa shape index (κ2) is 5.30. The van der Waals surface area contributed by atoms with E-state index in [9.17, 15) is 9.90 Å².